The maximum Gasteiger partial charge on any atom is 0.306 e. The Hall–Kier alpha value is -0.790. The Morgan fingerprint density at radius 1 is 0.700 bits per heavy atom. The molecule has 0 aromatic carbocycles. The van der Waals surface area contributed by atoms with Gasteiger partial charge in [0.1, 0.15) is 6.10 Å². The summed E-state index contributed by atoms with van der Waals surface area (Å²) in [7, 11) is 0. The minimum absolute atomic E-state index is 0.0670. The molecule has 0 spiro atoms. The summed E-state index contributed by atoms with van der Waals surface area (Å²) in [4.78, 5) is 12.9. The van der Waals surface area contributed by atoms with Gasteiger partial charge in [-0.1, -0.05) is 182 Å². The quantitative estimate of drug-likeness (QED) is 0.0540. The van der Waals surface area contributed by atoms with Gasteiger partial charge in [-0.3, -0.25) is 4.79 Å². The Bertz CT molecular complexity index is 981. The van der Waals surface area contributed by atoms with Crippen LogP contribution in [0.5, 0.6) is 0 Å². The first-order chi connectivity index (χ1) is 24.2. The summed E-state index contributed by atoms with van der Waals surface area (Å²) in [5, 5.41) is 0. The highest BCUT2D eigenvalue weighted by Gasteiger charge is 2.59. The fraction of sp³-hybridized carbons (Fsp3) is 0.938. The minimum Gasteiger partial charge on any atom is -0.462 e. The molecule has 2 heteroatoms. The predicted octanol–water partition coefficient (Wildman–Crippen LogP) is 15.4. The number of rotatable bonds is 25. The standard InChI is InChI=1S/C48H86O2/c1-7-8-9-10-11-12-13-14-15-16-17-18-19-20-21-22-23-24-28-46(49)50-41-33-35-47(5)40(37-41)29-30-42-44-32-31-43(39(4)27-25-26-38(2)3)48(44,6)36-34-45(42)47/h29,38-39,41-45H,7-28,30-37H2,1-6H3/t39-,41+,42+,43?,44+,45+,47+,48-/m1/s1. The van der Waals surface area contributed by atoms with Crippen LogP contribution in [0.25, 0.3) is 0 Å². The Balaban J connectivity index is 1.05. The molecule has 4 aliphatic carbocycles. The number of unbranched alkanes of at least 4 members (excludes halogenated alkanes) is 17. The van der Waals surface area contributed by atoms with Crippen molar-refractivity contribution >= 4 is 5.97 Å². The third kappa shape index (κ3) is 12.1. The molecule has 8 atom stereocenters. The third-order valence-corrected chi connectivity index (χ3v) is 15.3. The summed E-state index contributed by atoms with van der Waals surface area (Å²) in [6.45, 7) is 15.0. The van der Waals surface area contributed by atoms with Crippen LogP contribution < -0.4 is 0 Å². The van der Waals surface area contributed by atoms with Crippen molar-refractivity contribution in [1.82, 2.24) is 0 Å². The van der Waals surface area contributed by atoms with Crippen molar-refractivity contribution in [2.75, 3.05) is 0 Å². The fourth-order valence-corrected chi connectivity index (χ4v) is 12.2. The molecule has 1 unspecified atom stereocenters. The van der Waals surface area contributed by atoms with Gasteiger partial charge in [-0.05, 0) is 97.7 Å². The first-order valence-electron chi connectivity index (χ1n) is 23.1. The van der Waals surface area contributed by atoms with Crippen LogP contribution in [-0.4, -0.2) is 12.1 Å². The van der Waals surface area contributed by atoms with Crippen molar-refractivity contribution in [1.29, 1.82) is 0 Å². The van der Waals surface area contributed by atoms with Crippen molar-refractivity contribution < 1.29 is 9.53 Å². The summed E-state index contributed by atoms with van der Waals surface area (Å²) in [5.41, 5.74) is 2.54. The van der Waals surface area contributed by atoms with Gasteiger partial charge in [0.2, 0.25) is 0 Å². The molecule has 3 saturated carbocycles. The maximum absolute atomic E-state index is 12.9. The van der Waals surface area contributed by atoms with E-state index in [9.17, 15) is 4.79 Å². The Morgan fingerprint density at radius 3 is 1.86 bits per heavy atom. The van der Waals surface area contributed by atoms with E-state index in [1.165, 1.54) is 167 Å². The van der Waals surface area contributed by atoms with E-state index in [2.05, 4.69) is 47.6 Å². The topological polar surface area (TPSA) is 26.3 Å². The molecular weight excluding hydrogens is 609 g/mol. The van der Waals surface area contributed by atoms with Crippen LogP contribution in [0.3, 0.4) is 0 Å². The molecule has 0 saturated heterocycles. The largest absolute Gasteiger partial charge is 0.462 e. The molecule has 3 fully saturated rings. The zero-order chi connectivity index (χ0) is 35.8. The van der Waals surface area contributed by atoms with E-state index in [4.69, 9.17) is 4.74 Å². The molecule has 4 rings (SSSR count). The van der Waals surface area contributed by atoms with Crippen molar-refractivity contribution in [3.63, 3.8) is 0 Å². The molecular formula is C48H86O2. The van der Waals surface area contributed by atoms with Gasteiger partial charge >= 0.3 is 5.97 Å². The molecule has 4 aliphatic rings. The lowest BCUT2D eigenvalue weighted by Gasteiger charge is -2.58. The van der Waals surface area contributed by atoms with E-state index in [1.54, 1.807) is 5.57 Å². The van der Waals surface area contributed by atoms with E-state index in [0.29, 0.717) is 17.3 Å². The smallest absolute Gasteiger partial charge is 0.306 e. The van der Waals surface area contributed by atoms with Crippen molar-refractivity contribution in [3.8, 4) is 0 Å². The third-order valence-electron chi connectivity index (χ3n) is 15.3. The minimum atomic E-state index is 0.0670. The van der Waals surface area contributed by atoms with Crippen LogP contribution >= 0.6 is 0 Å². The van der Waals surface area contributed by atoms with E-state index >= 15 is 0 Å². The van der Waals surface area contributed by atoms with E-state index in [0.717, 1.165) is 54.8 Å². The number of hydrogen-bond acceptors (Lipinski definition) is 2. The first kappa shape index (κ1) is 42.0. The maximum atomic E-state index is 12.9. The molecule has 0 heterocycles. The molecule has 2 nitrogen and oxygen atoms in total. The lowest BCUT2D eigenvalue weighted by Crippen LogP contribution is -2.51. The van der Waals surface area contributed by atoms with Gasteiger partial charge in [0, 0.05) is 12.8 Å². The number of allylic oxidation sites excluding steroid dienone is 1. The van der Waals surface area contributed by atoms with Gasteiger partial charge in [-0.15, -0.1) is 0 Å². The summed E-state index contributed by atoms with van der Waals surface area (Å²) in [6.07, 6.45) is 42.8. The lowest BCUT2D eigenvalue weighted by atomic mass is 9.47. The molecule has 0 aliphatic heterocycles. The van der Waals surface area contributed by atoms with E-state index < -0.39 is 0 Å². The van der Waals surface area contributed by atoms with Crippen molar-refractivity contribution in [2.45, 2.75) is 240 Å². The number of esters is 1. The average molecular weight is 695 g/mol. The second kappa shape index (κ2) is 21.8. The van der Waals surface area contributed by atoms with Crippen LogP contribution in [0, 0.1) is 46.3 Å². The zero-order valence-electron chi connectivity index (χ0n) is 34.6. The number of ether oxygens (including phenoxy) is 1. The average Bonchev–Trinajstić information content (AvgIpc) is 3.45. The monoisotopic (exact) mass is 695 g/mol. The Labute approximate surface area is 312 Å². The predicted molar refractivity (Wildman–Crippen MR) is 216 cm³/mol. The van der Waals surface area contributed by atoms with Crippen LogP contribution in [0.1, 0.15) is 234 Å². The summed E-state index contributed by atoms with van der Waals surface area (Å²) in [6, 6.07) is 0. The molecule has 290 valence electrons. The zero-order valence-corrected chi connectivity index (χ0v) is 34.6. The van der Waals surface area contributed by atoms with Gasteiger partial charge in [0.25, 0.3) is 0 Å². The molecule has 0 aromatic heterocycles. The molecule has 50 heavy (non-hydrogen) atoms. The highest BCUT2D eigenvalue weighted by Crippen LogP contribution is 2.67. The highest BCUT2D eigenvalue weighted by molar-refractivity contribution is 5.69. The SMILES string of the molecule is CCCCCCCCCCCCCCCCCCCCC(=O)O[C@H]1CC[C@@]2(C)C(=CC[C@@H]3[C@@H]2CC[C@]2(C)C([C@H](C)CCCC(C)C)CC[C@@H]32)C1. The van der Waals surface area contributed by atoms with Crippen LogP contribution in [0.15, 0.2) is 11.6 Å². The summed E-state index contributed by atoms with van der Waals surface area (Å²) < 4.78 is 6.15. The summed E-state index contributed by atoms with van der Waals surface area (Å²) >= 11 is 0. The molecule has 0 amide bonds. The molecule has 0 aromatic rings. The second-order valence-corrected chi connectivity index (χ2v) is 19.4. The number of fused-ring (bicyclic) bond motifs is 5. The molecule has 0 bridgehead atoms. The fourth-order valence-electron chi connectivity index (χ4n) is 12.2. The van der Waals surface area contributed by atoms with Crippen molar-refractivity contribution in [2.24, 2.45) is 46.3 Å². The molecule has 0 N–H and O–H groups in total. The van der Waals surface area contributed by atoms with Gasteiger partial charge in [0.05, 0.1) is 0 Å². The van der Waals surface area contributed by atoms with Crippen LogP contribution in [0.4, 0.5) is 0 Å². The van der Waals surface area contributed by atoms with E-state index in [-0.39, 0.29) is 12.1 Å². The van der Waals surface area contributed by atoms with Crippen LogP contribution in [0.2, 0.25) is 0 Å². The molecule has 0 radical (unpaired) electrons. The number of carbonyl (C=O) groups is 1. The summed E-state index contributed by atoms with van der Waals surface area (Å²) in [5.74, 6) is 5.34. The van der Waals surface area contributed by atoms with Crippen molar-refractivity contribution in [3.05, 3.63) is 11.6 Å². The number of carbonyl (C=O) groups excluding carboxylic acids is 1. The van der Waals surface area contributed by atoms with Gasteiger partial charge in [-0.2, -0.15) is 0 Å². The van der Waals surface area contributed by atoms with Crippen LogP contribution in [-0.2, 0) is 9.53 Å². The van der Waals surface area contributed by atoms with Gasteiger partial charge in [-0.25, -0.2) is 0 Å². The lowest BCUT2D eigenvalue weighted by molar-refractivity contribution is -0.151. The first-order valence-corrected chi connectivity index (χ1v) is 23.1. The Kier molecular flexibility index (Phi) is 18.3. The Morgan fingerprint density at radius 2 is 1.28 bits per heavy atom. The highest BCUT2D eigenvalue weighted by atomic mass is 16.5. The normalized spacial score (nSPS) is 31.2. The second-order valence-electron chi connectivity index (χ2n) is 19.4. The van der Waals surface area contributed by atoms with Gasteiger partial charge in [0.15, 0.2) is 0 Å². The number of hydrogen-bond donors (Lipinski definition) is 0. The van der Waals surface area contributed by atoms with Gasteiger partial charge < -0.3 is 4.74 Å². The van der Waals surface area contributed by atoms with E-state index in [1.807, 2.05) is 0 Å².